The van der Waals surface area contributed by atoms with Gasteiger partial charge in [0, 0.05) is 25.5 Å². The zero-order chi connectivity index (χ0) is 9.68. The minimum Gasteiger partial charge on any atom is -1.00 e. The number of hydrogen-bond acceptors (Lipinski definition) is 0. The van der Waals surface area contributed by atoms with E-state index in [0.29, 0.717) is 0 Å². The molecule has 0 saturated carbocycles. The van der Waals surface area contributed by atoms with Crippen LogP contribution in [0.5, 0.6) is 0 Å². The molecule has 0 N–H and O–H groups in total. The van der Waals surface area contributed by atoms with E-state index in [-0.39, 0.29) is 12.4 Å². The third-order valence-corrected chi connectivity index (χ3v) is 2.26. The summed E-state index contributed by atoms with van der Waals surface area (Å²) in [6.07, 6.45) is 6.52. The molecule has 1 nitrogen and oxygen atoms in total. The van der Waals surface area contributed by atoms with Gasteiger partial charge in [-0.1, -0.05) is 26.0 Å². The van der Waals surface area contributed by atoms with Crippen LogP contribution in [-0.2, 0) is 6.54 Å². The molecule has 0 aliphatic carbocycles. The molecule has 0 amide bonds. The predicted molar refractivity (Wildman–Crippen MR) is 56.4 cm³/mol. The third-order valence-electron chi connectivity index (χ3n) is 2.26. The lowest BCUT2D eigenvalue weighted by Gasteiger charge is -2.00. The van der Waals surface area contributed by atoms with Gasteiger partial charge in [-0.05, 0) is 5.56 Å². The van der Waals surface area contributed by atoms with E-state index in [1.54, 1.807) is 0 Å². The first-order valence-electron chi connectivity index (χ1n) is 4.90. The van der Waals surface area contributed by atoms with Crippen molar-refractivity contribution in [1.82, 2.24) is 0 Å². The maximum atomic E-state index is 3.75. The molecular weight excluding hydrogens is 194 g/mol. The van der Waals surface area contributed by atoms with Gasteiger partial charge < -0.3 is 12.4 Å². The average Bonchev–Trinajstić information content (AvgIpc) is 2.16. The summed E-state index contributed by atoms with van der Waals surface area (Å²) in [6, 6.07) is 4.28. The van der Waals surface area contributed by atoms with E-state index in [4.69, 9.17) is 0 Å². The lowest BCUT2D eigenvalue weighted by atomic mass is 10.2. The van der Waals surface area contributed by atoms with Crippen molar-refractivity contribution in [3.63, 3.8) is 0 Å². The molecule has 2 heteroatoms. The second-order valence-electron chi connectivity index (χ2n) is 3.35. The number of nitrogens with zero attached hydrogens (tertiary/aromatic N) is 1. The fourth-order valence-corrected chi connectivity index (χ4v) is 1.37. The van der Waals surface area contributed by atoms with Crippen molar-refractivity contribution in [2.24, 2.45) is 0 Å². The fraction of sp³-hybridized carbons (Fsp3) is 0.417. The molecule has 0 saturated heterocycles. The molecule has 0 spiro atoms. The molecule has 0 radical (unpaired) electrons. The summed E-state index contributed by atoms with van der Waals surface area (Å²) >= 11 is 0. The number of hydrogen-bond donors (Lipinski definition) is 0. The molecule has 0 fully saturated rings. The van der Waals surface area contributed by atoms with Gasteiger partial charge in [0.15, 0.2) is 11.9 Å². The van der Waals surface area contributed by atoms with Gasteiger partial charge in [0.2, 0.25) is 0 Å². The molecule has 1 aromatic heterocycles. The first-order valence-corrected chi connectivity index (χ1v) is 4.90. The molecule has 0 unspecified atom stereocenters. The quantitative estimate of drug-likeness (QED) is 0.604. The minimum absolute atomic E-state index is 0. The Kier molecular flexibility index (Phi) is 6.22. The van der Waals surface area contributed by atoms with Crippen molar-refractivity contribution in [1.29, 1.82) is 0 Å². The Morgan fingerprint density at radius 2 is 2.21 bits per heavy atom. The summed E-state index contributed by atoms with van der Waals surface area (Å²) in [4.78, 5) is 0. The Morgan fingerprint density at radius 3 is 2.71 bits per heavy atom. The van der Waals surface area contributed by atoms with Crippen LogP contribution in [-0.4, -0.2) is 0 Å². The van der Waals surface area contributed by atoms with Gasteiger partial charge in [0.1, 0.15) is 6.54 Å². The van der Waals surface area contributed by atoms with Crippen LogP contribution >= 0.6 is 0 Å². The Hall–Kier alpha value is -0.820. The molecule has 0 atom stereocenters. The zero-order valence-corrected chi connectivity index (χ0v) is 9.72. The average molecular weight is 212 g/mol. The molecule has 0 bridgehead atoms. The van der Waals surface area contributed by atoms with Gasteiger partial charge in [0.25, 0.3) is 0 Å². The maximum absolute atomic E-state index is 3.75. The molecule has 78 valence electrons. The first kappa shape index (κ1) is 13.2. The van der Waals surface area contributed by atoms with E-state index in [9.17, 15) is 0 Å². The van der Waals surface area contributed by atoms with Crippen molar-refractivity contribution in [3.8, 4) is 0 Å². The molecular formula is C12H18ClN. The number of rotatable bonds is 4. The van der Waals surface area contributed by atoms with E-state index < -0.39 is 0 Å². The molecule has 0 aromatic carbocycles. The van der Waals surface area contributed by atoms with Crippen LogP contribution in [0.2, 0.25) is 0 Å². The Balaban J connectivity index is 0.00000169. The van der Waals surface area contributed by atoms with Crippen LogP contribution in [0.1, 0.15) is 31.0 Å². The highest BCUT2D eigenvalue weighted by molar-refractivity contribution is 5.45. The molecule has 14 heavy (non-hydrogen) atoms. The monoisotopic (exact) mass is 211 g/mol. The van der Waals surface area contributed by atoms with Crippen molar-refractivity contribution < 1.29 is 17.0 Å². The van der Waals surface area contributed by atoms with Gasteiger partial charge >= 0.3 is 0 Å². The van der Waals surface area contributed by atoms with Gasteiger partial charge in [-0.2, -0.15) is 0 Å². The highest BCUT2D eigenvalue weighted by atomic mass is 35.5. The van der Waals surface area contributed by atoms with Crippen LogP contribution in [0.3, 0.4) is 0 Å². The van der Waals surface area contributed by atoms with Crippen LogP contribution in [0.15, 0.2) is 24.9 Å². The Bertz CT molecular complexity index is 294. The van der Waals surface area contributed by atoms with Crippen LogP contribution in [0, 0.1) is 6.92 Å². The van der Waals surface area contributed by atoms with Gasteiger partial charge in [-0.3, -0.25) is 0 Å². The topological polar surface area (TPSA) is 3.88 Å². The van der Waals surface area contributed by atoms with E-state index in [2.05, 4.69) is 43.3 Å². The summed E-state index contributed by atoms with van der Waals surface area (Å²) in [5.41, 5.74) is 2.51. The Morgan fingerprint density at radius 1 is 1.50 bits per heavy atom. The number of halogens is 1. The Labute approximate surface area is 92.9 Å². The lowest BCUT2D eigenvalue weighted by molar-refractivity contribution is -0.703. The largest absolute Gasteiger partial charge is 1.00 e. The van der Waals surface area contributed by atoms with Gasteiger partial charge in [-0.15, -0.1) is 0 Å². The smallest absolute Gasteiger partial charge is 0.178 e. The first-order chi connectivity index (χ1) is 6.27. The van der Waals surface area contributed by atoms with Crippen LogP contribution in [0.4, 0.5) is 0 Å². The summed E-state index contributed by atoms with van der Waals surface area (Å²) < 4.78 is 2.29. The number of aryl methyl sites for hydroxylation is 2. The van der Waals surface area contributed by atoms with Crippen LogP contribution < -0.4 is 17.0 Å². The molecule has 1 aromatic rings. The zero-order valence-electron chi connectivity index (χ0n) is 8.96. The number of pyridine rings is 1. The number of aromatic nitrogens is 1. The van der Waals surface area contributed by atoms with E-state index in [1.807, 2.05) is 6.08 Å². The van der Waals surface area contributed by atoms with Gasteiger partial charge in [-0.25, -0.2) is 4.57 Å². The van der Waals surface area contributed by atoms with Crippen molar-refractivity contribution >= 4 is 6.08 Å². The summed E-state index contributed by atoms with van der Waals surface area (Å²) in [7, 11) is 0. The fourth-order valence-electron chi connectivity index (χ4n) is 1.37. The van der Waals surface area contributed by atoms with Crippen molar-refractivity contribution in [2.75, 3.05) is 0 Å². The van der Waals surface area contributed by atoms with E-state index in [0.717, 1.165) is 6.54 Å². The molecule has 0 aliphatic heterocycles. The highest BCUT2D eigenvalue weighted by Crippen LogP contribution is 2.01. The van der Waals surface area contributed by atoms with Gasteiger partial charge in [0.05, 0.1) is 0 Å². The second kappa shape index (κ2) is 6.61. The molecule has 1 rings (SSSR count). The highest BCUT2D eigenvalue weighted by Gasteiger charge is 2.04. The standard InChI is InChI=1S/C12H18N.ClH/c1-4-6-8-13-9-7-12(5-2)10-11(13)3;/h5,7,9-10H,2,4,6,8H2,1,3H3;1H/q+1;/p-1. The predicted octanol–water partition coefficient (Wildman–Crippen LogP) is -0.270. The maximum Gasteiger partial charge on any atom is 0.178 e. The van der Waals surface area contributed by atoms with Crippen LogP contribution in [0.25, 0.3) is 6.08 Å². The molecule has 0 aliphatic rings. The van der Waals surface area contributed by atoms with Crippen molar-refractivity contribution in [2.45, 2.75) is 33.2 Å². The summed E-state index contributed by atoms with van der Waals surface area (Å²) in [5, 5.41) is 0. The van der Waals surface area contributed by atoms with Crippen molar-refractivity contribution in [3.05, 3.63) is 36.2 Å². The number of unbranched alkanes of at least 4 members (excludes halogenated alkanes) is 1. The minimum atomic E-state index is 0. The summed E-state index contributed by atoms with van der Waals surface area (Å²) in [6.45, 7) is 9.24. The molecule has 1 heterocycles. The summed E-state index contributed by atoms with van der Waals surface area (Å²) in [5.74, 6) is 0. The van der Waals surface area contributed by atoms with E-state index in [1.165, 1.54) is 24.1 Å². The normalized spacial score (nSPS) is 9.29. The second-order valence-corrected chi connectivity index (χ2v) is 3.35. The SMILES string of the molecule is C=Cc1cc[n+](CCCC)c(C)c1.[Cl-]. The lowest BCUT2D eigenvalue weighted by Crippen LogP contribution is -3.00. The van der Waals surface area contributed by atoms with E-state index >= 15 is 0 Å². The third kappa shape index (κ3) is 3.51.